The van der Waals surface area contributed by atoms with Crippen molar-refractivity contribution in [2.45, 2.75) is 32.7 Å². The lowest BCUT2D eigenvalue weighted by Gasteiger charge is -2.34. The Bertz CT molecular complexity index is 1140. The second-order valence-electron chi connectivity index (χ2n) is 9.27. The molecule has 0 atom stereocenters. The molecule has 0 saturated carbocycles. The van der Waals surface area contributed by atoms with Crippen LogP contribution in [0.3, 0.4) is 0 Å². The highest BCUT2D eigenvalue weighted by molar-refractivity contribution is 5.95. The van der Waals surface area contributed by atoms with Gasteiger partial charge in [0.1, 0.15) is 18.2 Å². The molecule has 2 heterocycles. The molecule has 0 aliphatic carbocycles. The first-order valence-electron chi connectivity index (χ1n) is 12.5. The number of anilines is 2. The molecule has 8 nitrogen and oxygen atoms in total. The Balaban J connectivity index is 1.68. The van der Waals surface area contributed by atoms with Crippen LogP contribution in [-0.2, 0) is 13.0 Å². The van der Waals surface area contributed by atoms with Gasteiger partial charge in [-0.3, -0.25) is 0 Å². The standard InChI is InChI=1S/C27H37N5O3/c1-4-31(12-7-8-15-33)26-23-11-13-32(19-24(23)28-27(29-26)35-16-14-30(2)3)25-18-21(34)17-20-9-5-6-10-22(20)25/h5-6,9-10,17-18,33-34H,4,7-8,11-16,19H2,1-3H3. The van der Waals surface area contributed by atoms with Crippen molar-refractivity contribution in [1.82, 2.24) is 14.9 Å². The molecule has 35 heavy (non-hydrogen) atoms. The van der Waals surface area contributed by atoms with E-state index in [0.29, 0.717) is 19.2 Å². The first-order valence-corrected chi connectivity index (χ1v) is 12.5. The van der Waals surface area contributed by atoms with Crippen molar-refractivity contribution in [2.75, 3.05) is 63.3 Å². The molecule has 0 spiro atoms. The summed E-state index contributed by atoms with van der Waals surface area (Å²) in [6.07, 6.45) is 2.48. The number of rotatable bonds is 11. The number of aromatic nitrogens is 2. The van der Waals surface area contributed by atoms with Crippen LogP contribution >= 0.6 is 0 Å². The van der Waals surface area contributed by atoms with Crippen LogP contribution < -0.4 is 14.5 Å². The number of likely N-dealkylation sites (N-methyl/N-ethyl adjacent to an activating group) is 1. The van der Waals surface area contributed by atoms with Crippen molar-refractivity contribution in [2.24, 2.45) is 0 Å². The number of aliphatic hydroxyl groups is 1. The number of aromatic hydroxyl groups is 1. The fourth-order valence-corrected chi connectivity index (χ4v) is 4.60. The monoisotopic (exact) mass is 479 g/mol. The van der Waals surface area contributed by atoms with Crippen molar-refractivity contribution in [3.63, 3.8) is 0 Å². The Labute approximate surface area is 207 Å². The minimum atomic E-state index is 0.200. The molecule has 0 unspecified atom stereocenters. The third kappa shape index (κ3) is 5.94. The molecule has 188 valence electrons. The molecule has 1 aromatic heterocycles. The van der Waals surface area contributed by atoms with Gasteiger partial charge in [0.15, 0.2) is 0 Å². The molecule has 3 aromatic rings. The smallest absolute Gasteiger partial charge is 0.318 e. The molecule has 8 heteroatoms. The van der Waals surface area contributed by atoms with E-state index < -0.39 is 0 Å². The summed E-state index contributed by atoms with van der Waals surface area (Å²) < 4.78 is 5.99. The molecular weight excluding hydrogens is 442 g/mol. The SMILES string of the molecule is CCN(CCCCO)c1nc(OCCN(C)C)nc2c1CCN(c1cc(O)cc3ccccc13)C2. The Kier molecular flexibility index (Phi) is 8.25. The van der Waals surface area contributed by atoms with E-state index in [2.05, 4.69) is 27.7 Å². The van der Waals surface area contributed by atoms with E-state index in [1.165, 1.54) is 0 Å². The molecule has 0 fully saturated rings. The average Bonchev–Trinajstić information content (AvgIpc) is 2.85. The lowest BCUT2D eigenvalue weighted by atomic mass is 10.0. The summed E-state index contributed by atoms with van der Waals surface area (Å²) in [6.45, 7) is 6.72. The minimum absolute atomic E-state index is 0.200. The van der Waals surface area contributed by atoms with E-state index >= 15 is 0 Å². The van der Waals surface area contributed by atoms with Gasteiger partial charge in [0.25, 0.3) is 0 Å². The summed E-state index contributed by atoms with van der Waals surface area (Å²) in [6, 6.07) is 12.2. The quantitative estimate of drug-likeness (QED) is 0.405. The van der Waals surface area contributed by atoms with E-state index in [4.69, 9.17) is 14.7 Å². The highest BCUT2D eigenvalue weighted by Crippen LogP contribution is 2.36. The van der Waals surface area contributed by atoms with E-state index in [1.54, 1.807) is 6.07 Å². The molecule has 0 amide bonds. The van der Waals surface area contributed by atoms with Crippen LogP contribution in [-0.4, -0.2) is 78.6 Å². The summed E-state index contributed by atoms with van der Waals surface area (Å²) in [5.74, 6) is 1.21. The summed E-state index contributed by atoms with van der Waals surface area (Å²) in [7, 11) is 4.03. The molecular formula is C27H37N5O3. The van der Waals surface area contributed by atoms with Crippen LogP contribution in [0.1, 0.15) is 31.0 Å². The minimum Gasteiger partial charge on any atom is -0.508 e. The third-order valence-corrected chi connectivity index (χ3v) is 6.48. The zero-order valence-corrected chi connectivity index (χ0v) is 21.1. The molecule has 1 aliphatic heterocycles. The van der Waals surface area contributed by atoms with Crippen LogP contribution in [0.2, 0.25) is 0 Å². The van der Waals surface area contributed by atoms with Crippen LogP contribution in [0.5, 0.6) is 11.8 Å². The maximum absolute atomic E-state index is 10.4. The lowest BCUT2D eigenvalue weighted by molar-refractivity contribution is 0.244. The van der Waals surface area contributed by atoms with E-state index in [1.807, 2.05) is 38.4 Å². The topological polar surface area (TPSA) is 85.2 Å². The van der Waals surface area contributed by atoms with Gasteiger partial charge in [-0.05, 0) is 51.7 Å². The zero-order chi connectivity index (χ0) is 24.8. The van der Waals surface area contributed by atoms with E-state index in [-0.39, 0.29) is 12.4 Å². The molecule has 2 N–H and O–H groups in total. The van der Waals surface area contributed by atoms with Gasteiger partial charge in [0.05, 0.1) is 12.2 Å². The van der Waals surface area contributed by atoms with Crippen LogP contribution in [0.4, 0.5) is 11.5 Å². The second-order valence-corrected chi connectivity index (χ2v) is 9.27. The molecule has 1 aliphatic rings. The largest absolute Gasteiger partial charge is 0.508 e. The fourth-order valence-electron chi connectivity index (χ4n) is 4.60. The maximum atomic E-state index is 10.4. The van der Waals surface area contributed by atoms with Crippen molar-refractivity contribution in [1.29, 1.82) is 0 Å². The third-order valence-electron chi connectivity index (χ3n) is 6.48. The average molecular weight is 480 g/mol. The summed E-state index contributed by atoms with van der Waals surface area (Å²) in [5, 5.41) is 21.7. The molecule has 0 saturated heterocycles. The number of benzene rings is 2. The fraction of sp³-hybridized carbons (Fsp3) is 0.481. The second kappa shape index (κ2) is 11.6. The number of phenols is 1. The van der Waals surface area contributed by atoms with Gasteiger partial charge in [-0.25, -0.2) is 0 Å². The summed E-state index contributed by atoms with van der Waals surface area (Å²) in [5.41, 5.74) is 3.14. The Morgan fingerprint density at radius 3 is 2.69 bits per heavy atom. The van der Waals surface area contributed by atoms with E-state index in [0.717, 1.165) is 79.0 Å². The predicted octanol–water partition coefficient (Wildman–Crippen LogP) is 3.44. The number of nitrogens with zero attached hydrogens (tertiary/aromatic N) is 5. The van der Waals surface area contributed by atoms with Gasteiger partial charge in [-0.2, -0.15) is 9.97 Å². The van der Waals surface area contributed by atoms with Crippen molar-refractivity contribution in [3.05, 3.63) is 47.7 Å². The molecule has 0 radical (unpaired) electrons. The van der Waals surface area contributed by atoms with Gasteiger partial charge in [0.2, 0.25) is 0 Å². The van der Waals surface area contributed by atoms with Gasteiger partial charge in [0, 0.05) is 55.5 Å². The van der Waals surface area contributed by atoms with Crippen molar-refractivity contribution in [3.8, 4) is 11.8 Å². The van der Waals surface area contributed by atoms with Crippen molar-refractivity contribution >= 4 is 22.3 Å². The maximum Gasteiger partial charge on any atom is 0.318 e. The van der Waals surface area contributed by atoms with Gasteiger partial charge in [-0.15, -0.1) is 0 Å². The van der Waals surface area contributed by atoms with Gasteiger partial charge in [-0.1, -0.05) is 24.3 Å². The predicted molar refractivity (Wildman–Crippen MR) is 141 cm³/mol. The summed E-state index contributed by atoms with van der Waals surface area (Å²) >= 11 is 0. The Hall–Kier alpha value is -3.10. The number of hydrogen-bond donors (Lipinski definition) is 2. The zero-order valence-electron chi connectivity index (χ0n) is 21.1. The number of hydrogen-bond acceptors (Lipinski definition) is 8. The van der Waals surface area contributed by atoms with Gasteiger partial charge < -0.3 is 29.6 Å². The summed E-state index contributed by atoms with van der Waals surface area (Å²) in [4.78, 5) is 16.3. The van der Waals surface area contributed by atoms with Gasteiger partial charge >= 0.3 is 6.01 Å². The normalized spacial score (nSPS) is 13.3. The number of phenolic OH excluding ortho intramolecular Hbond substituents is 1. The first-order chi connectivity index (χ1) is 17.0. The Morgan fingerprint density at radius 2 is 1.91 bits per heavy atom. The number of ether oxygens (including phenoxy) is 1. The van der Waals surface area contributed by atoms with Crippen LogP contribution in [0.25, 0.3) is 10.8 Å². The molecule has 2 aromatic carbocycles. The number of fused-ring (bicyclic) bond motifs is 2. The highest BCUT2D eigenvalue weighted by Gasteiger charge is 2.26. The Morgan fingerprint density at radius 1 is 1.09 bits per heavy atom. The van der Waals surface area contributed by atoms with Crippen molar-refractivity contribution < 1.29 is 14.9 Å². The number of aliphatic hydroxyl groups excluding tert-OH is 1. The van der Waals surface area contributed by atoms with E-state index in [9.17, 15) is 10.2 Å². The number of unbranched alkanes of at least 4 members (excludes halogenated alkanes) is 1. The highest BCUT2D eigenvalue weighted by atomic mass is 16.5. The first kappa shape index (κ1) is 25.0. The van der Waals surface area contributed by atoms with Crippen LogP contribution in [0.15, 0.2) is 36.4 Å². The van der Waals surface area contributed by atoms with Crippen LogP contribution in [0, 0.1) is 0 Å². The molecule has 0 bridgehead atoms. The molecule has 4 rings (SSSR count). The lowest BCUT2D eigenvalue weighted by Crippen LogP contribution is -2.35.